The van der Waals surface area contributed by atoms with Crippen LogP contribution in [-0.2, 0) is 9.84 Å². The van der Waals surface area contributed by atoms with Gasteiger partial charge in [0.2, 0.25) is 0 Å². The number of thioether (sulfide) groups is 1. The zero-order valence-electron chi connectivity index (χ0n) is 9.00. The van der Waals surface area contributed by atoms with Crippen molar-refractivity contribution in [2.24, 2.45) is 0 Å². The summed E-state index contributed by atoms with van der Waals surface area (Å²) in [4.78, 5) is 4.33. The van der Waals surface area contributed by atoms with E-state index in [0.717, 1.165) is 11.1 Å². The Hall–Kier alpha value is -1.01. The number of sulfone groups is 1. The molecule has 4 nitrogen and oxygen atoms in total. The lowest BCUT2D eigenvalue weighted by Gasteiger charge is -2.01. The summed E-state index contributed by atoms with van der Waals surface area (Å²) in [6, 6.07) is 7.54. The second kappa shape index (κ2) is 4.03. The average Bonchev–Trinajstić information content (AvgIpc) is 2.81. The van der Waals surface area contributed by atoms with Crippen LogP contribution >= 0.6 is 11.8 Å². The maximum Gasteiger partial charge on any atom is 0.257 e. The lowest BCUT2D eigenvalue weighted by molar-refractivity contribution is 0.488. The van der Waals surface area contributed by atoms with Crippen LogP contribution in [0.15, 0.2) is 33.9 Å². The maximum absolute atomic E-state index is 11.3. The van der Waals surface area contributed by atoms with E-state index in [-0.39, 0.29) is 16.8 Å². The first-order valence-electron chi connectivity index (χ1n) is 5.35. The molecule has 0 amide bonds. The van der Waals surface area contributed by atoms with Gasteiger partial charge >= 0.3 is 0 Å². The number of fused-ring (bicyclic) bond motifs is 1. The number of benzene rings is 1. The van der Waals surface area contributed by atoms with E-state index in [4.69, 9.17) is 4.42 Å². The van der Waals surface area contributed by atoms with Crippen LogP contribution in [0.2, 0.25) is 0 Å². The van der Waals surface area contributed by atoms with Crippen molar-refractivity contribution in [2.45, 2.75) is 16.9 Å². The molecule has 1 aliphatic heterocycles. The smallest absolute Gasteiger partial charge is 0.257 e. The molecule has 0 spiro atoms. The van der Waals surface area contributed by atoms with Crippen LogP contribution in [0.5, 0.6) is 0 Å². The first-order valence-corrected chi connectivity index (χ1v) is 8.05. The molecule has 2 aromatic rings. The molecule has 0 bridgehead atoms. The molecule has 1 unspecified atom stereocenters. The van der Waals surface area contributed by atoms with Crippen LogP contribution < -0.4 is 0 Å². The van der Waals surface area contributed by atoms with E-state index in [1.165, 1.54) is 11.8 Å². The minimum absolute atomic E-state index is 0.0769. The minimum Gasteiger partial charge on any atom is -0.431 e. The highest BCUT2D eigenvalue weighted by Gasteiger charge is 2.29. The topological polar surface area (TPSA) is 60.2 Å². The van der Waals surface area contributed by atoms with Crippen molar-refractivity contribution in [2.75, 3.05) is 11.5 Å². The Morgan fingerprint density at radius 1 is 1.35 bits per heavy atom. The second-order valence-corrected chi connectivity index (χ2v) is 7.57. The monoisotopic (exact) mass is 269 g/mol. The average molecular weight is 269 g/mol. The molecule has 1 fully saturated rings. The first-order chi connectivity index (χ1) is 8.12. The normalized spacial score (nSPS) is 23.2. The summed E-state index contributed by atoms with van der Waals surface area (Å²) in [6.45, 7) is 0. The van der Waals surface area contributed by atoms with Crippen molar-refractivity contribution in [3.8, 4) is 0 Å². The van der Waals surface area contributed by atoms with Gasteiger partial charge in [0, 0.05) is 5.25 Å². The summed E-state index contributed by atoms with van der Waals surface area (Å²) >= 11 is 1.42. The Morgan fingerprint density at radius 3 is 2.88 bits per heavy atom. The zero-order valence-corrected chi connectivity index (χ0v) is 10.6. The zero-order chi connectivity index (χ0) is 11.9. The van der Waals surface area contributed by atoms with Gasteiger partial charge < -0.3 is 4.42 Å². The number of aromatic nitrogens is 1. The van der Waals surface area contributed by atoms with E-state index < -0.39 is 9.84 Å². The lowest BCUT2D eigenvalue weighted by atomic mass is 10.3. The summed E-state index contributed by atoms with van der Waals surface area (Å²) in [5.74, 6) is 0.515. The molecule has 0 saturated carbocycles. The number of hydrogen-bond donors (Lipinski definition) is 0. The van der Waals surface area contributed by atoms with Crippen LogP contribution in [0.3, 0.4) is 0 Å². The van der Waals surface area contributed by atoms with Crippen LogP contribution in [0.1, 0.15) is 6.42 Å². The molecule has 2 heterocycles. The summed E-state index contributed by atoms with van der Waals surface area (Å²) in [5.41, 5.74) is 1.56. The summed E-state index contributed by atoms with van der Waals surface area (Å²) in [7, 11) is -2.84. The molecule has 3 rings (SSSR count). The third-order valence-corrected chi connectivity index (χ3v) is 5.82. The van der Waals surface area contributed by atoms with Crippen molar-refractivity contribution in [1.29, 1.82) is 0 Å². The van der Waals surface area contributed by atoms with Gasteiger partial charge in [-0.3, -0.25) is 0 Å². The number of para-hydroxylation sites is 2. The second-order valence-electron chi connectivity index (χ2n) is 4.09. The standard InChI is InChI=1S/C11H11NO3S2/c13-17(14)6-5-8(7-17)16-11-12-9-3-1-2-4-10(9)15-11/h1-4,8H,5-7H2. The first kappa shape index (κ1) is 11.1. The SMILES string of the molecule is O=S1(=O)CCC(Sc2nc3ccccc3o2)C1. The summed E-state index contributed by atoms with van der Waals surface area (Å²) in [5, 5.41) is 0.640. The largest absolute Gasteiger partial charge is 0.431 e. The fourth-order valence-electron chi connectivity index (χ4n) is 1.90. The van der Waals surface area contributed by atoms with Gasteiger partial charge in [-0.1, -0.05) is 23.9 Å². The van der Waals surface area contributed by atoms with Gasteiger partial charge in [-0.15, -0.1) is 0 Å². The Kier molecular flexibility index (Phi) is 2.63. The van der Waals surface area contributed by atoms with Gasteiger partial charge in [0.1, 0.15) is 5.52 Å². The Morgan fingerprint density at radius 2 is 2.18 bits per heavy atom. The van der Waals surface area contributed by atoms with E-state index in [0.29, 0.717) is 11.6 Å². The van der Waals surface area contributed by atoms with Crippen molar-refractivity contribution in [1.82, 2.24) is 4.98 Å². The Labute approximate surface area is 103 Å². The molecule has 6 heteroatoms. The molecular formula is C11H11NO3S2. The van der Waals surface area contributed by atoms with Gasteiger partial charge in [0.05, 0.1) is 11.5 Å². The Bertz CT molecular complexity index is 615. The van der Waals surface area contributed by atoms with Gasteiger partial charge in [-0.05, 0) is 18.6 Å². The number of oxazole rings is 1. The van der Waals surface area contributed by atoms with Gasteiger partial charge in [0.25, 0.3) is 5.22 Å². The molecule has 0 N–H and O–H groups in total. The van der Waals surface area contributed by atoms with E-state index in [9.17, 15) is 8.42 Å². The predicted molar refractivity (Wildman–Crippen MR) is 66.9 cm³/mol. The third kappa shape index (κ3) is 2.32. The van der Waals surface area contributed by atoms with Crippen LogP contribution in [0, 0.1) is 0 Å². The highest BCUT2D eigenvalue weighted by molar-refractivity contribution is 8.01. The summed E-state index contributed by atoms with van der Waals surface area (Å²) < 4.78 is 28.2. The quantitative estimate of drug-likeness (QED) is 0.835. The molecule has 1 aliphatic rings. The fourth-order valence-corrected chi connectivity index (χ4v) is 5.29. The van der Waals surface area contributed by atoms with Crippen LogP contribution in [0.25, 0.3) is 11.1 Å². The van der Waals surface area contributed by atoms with E-state index in [1.54, 1.807) is 0 Å². The molecule has 0 radical (unpaired) electrons. The Balaban J connectivity index is 1.81. The van der Waals surface area contributed by atoms with E-state index >= 15 is 0 Å². The molecule has 1 atom stereocenters. The van der Waals surface area contributed by atoms with Crippen LogP contribution in [0.4, 0.5) is 0 Å². The van der Waals surface area contributed by atoms with Gasteiger partial charge in [-0.25, -0.2) is 13.4 Å². The van der Waals surface area contributed by atoms with Crippen molar-refractivity contribution < 1.29 is 12.8 Å². The molecule has 1 saturated heterocycles. The van der Waals surface area contributed by atoms with Gasteiger partial charge in [0.15, 0.2) is 15.4 Å². The molecular weight excluding hydrogens is 258 g/mol. The molecule has 90 valence electrons. The summed E-state index contributed by atoms with van der Waals surface area (Å²) in [6.07, 6.45) is 0.686. The highest BCUT2D eigenvalue weighted by atomic mass is 32.2. The third-order valence-electron chi connectivity index (χ3n) is 2.73. The van der Waals surface area contributed by atoms with Gasteiger partial charge in [-0.2, -0.15) is 0 Å². The number of hydrogen-bond acceptors (Lipinski definition) is 5. The predicted octanol–water partition coefficient (Wildman–Crippen LogP) is 2.11. The van der Waals surface area contributed by atoms with Crippen molar-refractivity contribution >= 4 is 32.7 Å². The van der Waals surface area contributed by atoms with E-state index in [2.05, 4.69) is 4.98 Å². The highest BCUT2D eigenvalue weighted by Crippen LogP contribution is 2.32. The maximum atomic E-state index is 11.3. The minimum atomic E-state index is -2.84. The van der Waals surface area contributed by atoms with E-state index in [1.807, 2.05) is 24.3 Å². The van der Waals surface area contributed by atoms with Crippen LogP contribution in [-0.4, -0.2) is 30.2 Å². The van der Waals surface area contributed by atoms with Crippen molar-refractivity contribution in [3.05, 3.63) is 24.3 Å². The number of rotatable bonds is 2. The number of nitrogens with zero attached hydrogens (tertiary/aromatic N) is 1. The molecule has 1 aromatic carbocycles. The van der Waals surface area contributed by atoms with Crippen molar-refractivity contribution in [3.63, 3.8) is 0 Å². The fraction of sp³-hybridized carbons (Fsp3) is 0.364. The molecule has 17 heavy (non-hydrogen) atoms. The lowest BCUT2D eigenvalue weighted by Crippen LogP contribution is -2.05. The molecule has 1 aromatic heterocycles. The molecule has 0 aliphatic carbocycles.